The molecule has 1 aliphatic rings. The number of hydrogen-bond acceptors (Lipinski definition) is 1. The Balaban J connectivity index is 2.20. The molecular formula is C18H18O. The second-order valence-electron chi connectivity index (χ2n) is 5.48. The van der Waals surface area contributed by atoms with E-state index in [9.17, 15) is 4.79 Å². The molecule has 0 unspecified atom stereocenters. The van der Waals surface area contributed by atoms with E-state index >= 15 is 0 Å². The van der Waals surface area contributed by atoms with Crippen LogP contribution in [0.15, 0.2) is 48.5 Å². The van der Waals surface area contributed by atoms with Gasteiger partial charge in [-0.1, -0.05) is 55.5 Å². The Morgan fingerprint density at radius 1 is 0.947 bits per heavy atom. The summed E-state index contributed by atoms with van der Waals surface area (Å²) in [6, 6.07) is 17.1. The number of benzene rings is 2. The molecule has 2 aromatic carbocycles. The van der Waals surface area contributed by atoms with E-state index in [0.29, 0.717) is 18.3 Å². The predicted octanol–water partition coefficient (Wildman–Crippen LogP) is 4.53. The smallest absolute Gasteiger partial charge is 0.130 e. The fourth-order valence-corrected chi connectivity index (χ4v) is 3.29. The highest BCUT2D eigenvalue weighted by atomic mass is 16.1. The van der Waals surface area contributed by atoms with E-state index in [2.05, 4.69) is 55.5 Å². The van der Waals surface area contributed by atoms with Crippen molar-refractivity contribution in [1.29, 1.82) is 0 Å². The van der Waals surface area contributed by atoms with Gasteiger partial charge in [0.1, 0.15) is 5.78 Å². The minimum atomic E-state index is 0.269. The molecule has 0 saturated carbocycles. The molecule has 2 aromatic rings. The van der Waals surface area contributed by atoms with Crippen molar-refractivity contribution in [3.63, 3.8) is 0 Å². The highest BCUT2D eigenvalue weighted by Crippen LogP contribution is 2.47. The van der Waals surface area contributed by atoms with E-state index in [1.165, 1.54) is 22.3 Å². The van der Waals surface area contributed by atoms with E-state index < -0.39 is 0 Å². The zero-order valence-corrected chi connectivity index (χ0v) is 11.4. The number of ketones is 1. The van der Waals surface area contributed by atoms with Crippen LogP contribution >= 0.6 is 0 Å². The highest BCUT2D eigenvalue weighted by Gasteiger charge is 2.30. The van der Waals surface area contributed by atoms with Crippen LogP contribution in [0.4, 0.5) is 0 Å². The lowest BCUT2D eigenvalue weighted by Gasteiger charge is -2.33. The third-order valence-electron chi connectivity index (χ3n) is 4.21. The van der Waals surface area contributed by atoms with Crippen molar-refractivity contribution in [2.24, 2.45) is 0 Å². The lowest BCUT2D eigenvalue weighted by Crippen LogP contribution is -2.17. The molecule has 0 fully saturated rings. The summed E-state index contributed by atoms with van der Waals surface area (Å²) in [7, 11) is 0. The van der Waals surface area contributed by atoms with Gasteiger partial charge in [-0.05, 0) is 41.0 Å². The van der Waals surface area contributed by atoms with Gasteiger partial charge >= 0.3 is 0 Å². The van der Waals surface area contributed by atoms with Gasteiger partial charge in [-0.3, -0.25) is 0 Å². The number of carbonyl (C=O) groups is 1. The molecule has 1 heteroatoms. The van der Waals surface area contributed by atoms with Crippen molar-refractivity contribution in [1.82, 2.24) is 0 Å². The van der Waals surface area contributed by atoms with Gasteiger partial charge in [0.2, 0.25) is 0 Å². The maximum atomic E-state index is 11.6. The van der Waals surface area contributed by atoms with E-state index in [1.54, 1.807) is 6.92 Å². The van der Waals surface area contributed by atoms with Crippen LogP contribution < -0.4 is 0 Å². The second kappa shape index (κ2) is 4.65. The summed E-state index contributed by atoms with van der Waals surface area (Å²) in [5.41, 5.74) is 5.31. The third-order valence-corrected chi connectivity index (χ3v) is 4.21. The molecule has 1 aliphatic carbocycles. The normalized spacial score (nSPS) is 20.5. The Hall–Kier alpha value is -1.89. The maximum absolute atomic E-state index is 11.6. The average Bonchev–Trinajstić information content (AvgIpc) is 2.43. The van der Waals surface area contributed by atoms with Gasteiger partial charge in [0.15, 0.2) is 0 Å². The summed E-state index contributed by atoms with van der Waals surface area (Å²) in [6.07, 6.45) is 0.631. The van der Waals surface area contributed by atoms with Gasteiger partial charge < -0.3 is 4.79 Å². The SMILES string of the molecule is CC(=O)C[C@H]1c2ccccc2-c2ccccc2[C@@H]1C. The van der Waals surface area contributed by atoms with Gasteiger partial charge in [0.05, 0.1) is 0 Å². The molecule has 19 heavy (non-hydrogen) atoms. The first kappa shape index (κ1) is 12.2. The largest absolute Gasteiger partial charge is 0.300 e. The molecular weight excluding hydrogens is 232 g/mol. The van der Waals surface area contributed by atoms with Crippen LogP contribution in [0, 0.1) is 0 Å². The molecule has 0 heterocycles. The van der Waals surface area contributed by atoms with Crippen LogP contribution in [-0.4, -0.2) is 5.78 Å². The minimum absolute atomic E-state index is 0.269. The summed E-state index contributed by atoms with van der Waals surface area (Å²) in [5, 5.41) is 0. The van der Waals surface area contributed by atoms with E-state index in [1.807, 2.05) is 0 Å². The first-order valence-corrected chi connectivity index (χ1v) is 6.86. The van der Waals surface area contributed by atoms with Crippen LogP contribution in [-0.2, 0) is 4.79 Å². The summed E-state index contributed by atoms with van der Waals surface area (Å²) in [4.78, 5) is 11.6. The molecule has 0 amide bonds. The molecule has 0 N–H and O–H groups in total. The fraction of sp³-hybridized carbons (Fsp3) is 0.278. The Morgan fingerprint density at radius 3 is 2.11 bits per heavy atom. The van der Waals surface area contributed by atoms with Gasteiger partial charge in [0, 0.05) is 6.42 Å². The molecule has 0 bridgehead atoms. The standard InChI is InChI=1S/C18H18O/c1-12(19)11-18-13(2)14-7-3-4-8-15(14)16-9-5-6-10-17(16)18/h3-10,13,18H,11H2,1-2H3/t13-,18+/m0/s1. The predicted molar refractivity (Wildman–Crippen MR) is 78.3 cm³/mol. The van der Waals surface area contributed by atoms with Crippen molar-refractivity contribution in [3.05, 3.63) is 59.7 Å². The maximum Gasteiger partial charge on any atom is 0.130 e. The Labute approximate surface area is 114 Å². The lowest BCUT2D eigenvalue weighted by atomic mass is 9.71. The second-order valence-corrected chi connectivity index (χ2v) is 5.48. The van der Waals surface area contributed by atoms with Crippen molar-refractivity contribution in [2.75, 3.05) is 0 Å². The number of fused-ring (bicyclic) bond motifs is 3. The molecule has 1 nitrogen and oxygen atoms in total. The minimum Gasteiger partial charge on any atom is -0.300 e. The third kappa shape index (κ3) is 1.99. The molecule has 0 aliphatic heterocycles. The van der Waals surface area contributed by atoms with Crippen LogP contribution in [0.3, 0.4) is 0 Å². The van der Waals surface area contributed by atoms with Crippen molar-refractivity contribution in [2.45, 2.75) is 32.1 Å². The summed E-state index contributed by atoms with van der Waals surface area (Å²) >= 11 is 0. The molecule has 0 spiro atoms. The zero-order chi connectivity index (χ0) is 13.4. The number of Topliss-reactive ketones (excluding diaryl/α,β-unsaturated/α-hetero) is 1. The number of hydrogen-bond donors (Lipinski definition) is 0. The first-order valence-electron chi connectivity index (χ1n) is 6.86. The monoisotopic (exact) mass is 250 g/mol. The topological polar surface area (TPSA) is 17.1 Å². The Kier molecular flexibility index (Phi) is 2.98. The molecule has 0 aromatic heterocycles. The van der Waals surface area contributed by atoms with Gasteiger partial charge in [-0.2, -0.15) is 0 Å². The quantitative estimate of drug-likeness (QED) is 0.765. The van der Waals surface area contributed by atoms with Crippen molar-refractivity contribution < 1.29 is 4.79 Å². The Morgan fingerprint density at radius 2 is 1.47 bits per heavy atom. The van der Waals surface area contributed by atoms with Crippen LogP contribution in [0.1, 0.15) is 43.2 Å². The van der Waals surface area contributed by atoms with Gasteiger partial charge in [-0.15, -0.1) is 0 Å². The Bertz CT molecular complexity index is 627. The van der Waals surface area contributed by atoms with Crippen molar-refractivity contribution >= 4 is 5.78 Å². The van der Waals surface area contributed by atoms with Gasteiger partial charge in [0.25, 0.3) is 0 Å². The van der Waals surface area contributed by atoms with E-state index in [-0.39, 0.29) is 5.78 Å². The van der Waals surface area contributed by atoms with Crippen LogP contribution in [0.5, 0.6) is 0 Å². The molecule has 3 rings (SSSR count). The molecule has 0 saturated heterocycles. The lowest BCUT2D eigenvalue weighted by molar-refractivity contribution is -0.117. The van der Waals surface area contributed by atoms with Crippen LogP contribution in [0.2, 0.25) is 0 Å². The van der Waals surface area contributed by atoms with Crippen LogP contribution in [0.25, 0.3) is 11.1 Å². The number of carbonyl (C=O) groups excluding carboxylic acids is 1. The summed E-state index contributed by atoms with van der Waals surface area (Å²) in [5.74, 6) is 0.977. The summed E-state index contributed by atoms with van der Waals surface area (Å²) < 4.78 is 0. The zero-order valence-electron chi connectivity index (χ0n) is 11.4. The molecule has 96 valence electrons. The van der Waals surface area contributed by atoms with E-state index in [4.69, 9.17) is 0 Å². The van der Waals surface area contributed by atoms with Gasteiger partial charge in [-0.25, -0.2) is 0 Å². The van der Waals surface area contributed by atoms with Crippen molar-refractivity contribution in [3.8, 4) is 11.1 Å². The highest BCUT2D eigenvalue weighted by molar-refractivity contribution is 5.80. The molecule has 2 atom stereocenters. The van der Waals surface area contributed by atoms with E-state index in [0.717, 1.165) is 0 Å². The fourth-order valence-electron chi connectivity index (χ4n) is 3.29. The number of rotatable bonds is 2. The summed E-state index contributed by atoms with van der Waals surface area (Å²) in [6.45, 7) is 3.93. The average molecular weight is 250 g/mol. The first-order chi connectivity index (χ1) is 9.18. The molecule has 0 radical (unpaired) electrons.